The van der Waals surface area contributed by atoms with Gasteiger partial charge in [0.25, 0.3) is 0 Å². The summed E-state index contributed by atoms with van der Waals surface area (Å²) in [6, 6.07) is 0. The first kappa shape index (κ1) is 13.0. The molecule has 6 heteroatoms. The zero-order chi connectivity index (χ0) is 13.1. The second kappa shape index (κ2) is 5.48. The number of carboxylic acid groups (broad SMARTS) is 1. The number of carbonyl (C=O) groups is 2. The number of nitrogens with zero attached hydrogens (tertiary/aromatic N) is 2. The maximum atomic E-state index is 12.2. The standard InChI is InChI=1S/C12H16N2O3S/c1-14(5-8-6-18-7-13-8)11(15)9-3-2-4-10(9)12(16)17/h6-7,9-10H,2-5H2,1H3,(H,16,17). The molecule has 18 heavy (non-hydrogen) atoms. The number of rotatable bonds is 4. The van der Waals surface area contributed by atoms with Crippen LogP contribution in [0.3, 0.4) is 0 Å². The second-order valence-corrected chi connectivity index (χ2v) is 5.37. The van der Waals surface area contributed by atoms with Gasteiger partial charge < -0.3 is 10.0 Å². The van der Waals surface area contributed by atoms with Crippen LogP contribution in [-0.2, 0) is 16.1 Å². The van der Waals surface area contributed by atoms with Gasteiger partial charge in [0.15, 0.2) is 0 Å². The zero-order valence-electron chi connectivity index (χ0n) is 10.2. The summed E-state index contributed by atoms with van der Waals surface area (Å²) >= 11 is 1.49. The highest BCUT2D eigenvalue weighted by Gasteiger charge is 2.38. The lowest BCUT2D eigenvalue weighted by atomic mass is 9.95. The molecule has 0 saturated heterocycles. The van der Waals surface area contributed by atoms with Crippen LogP contribution in [0.25, 0.3) is 0 Å². The van der Waals surface area contributed by atoms with Crippen molar-refractivity contribution in [2.75, 3.05) is 7.05 Å². The minimum absolute atomic E-state index is 0.0760. The van der Waals surface area contributed by atoms with Crippen molar-refractivity contribution < 1.29 is 14.7 Å². The summed E-state index contributed by atoms with van der Waals surface area (Å²) in [6.45, 7) is 0.450. The Morgan fingerprint density at radius 1 is 1.50 bits per heavy atom. The fourth-order valence-electron chi connectivity index (χ4n) is 2.47. The Morgan fingerprint density at radius 2 is 2.22 bits per heavy atom. The molecule has 0 aliphatic heterocycles. The number of carboxylic acids is 1. The largest absolute Gasteiger partial charge is 0.481 e. The summed E-state index contributed by atoms with van der Waals surface area (Å²) in [4.78, 5) is 29.0. The van der Waals surface area contributed by atoms with Gasteiger partial charge in [0.1, 0.15) is 0 Å². The van der Waals surface area contributed by atoms with Gasteiger partial charge in [-0.15, -0.1) is 11.3 Å². The molecule has 2 rings (SSSR count). The molecule has 1 fully saturated rings. The quantitative estimate of drug-likeness (QED) is 0.900. The van der Waals surface area contributed by atoms with E-state index in [1.807, 2.05) is 5.38 Å². The fourth-order valence-corrected chi connectivity index (χ4v) is 3.02. The summed E-state index contributed by atoms with van der Waals surface area (Å²) in [5.74, 6) is -1.82. The Hall–Kier alpha value is -1.43. The minimum Gasteiger partial charge on any atom is -0.481 e. The van der Waals surface area contributed by atoms with Crippen LogP contribution in [0.2, 0.25) is 0 Å². The van der Waals surface area contributed by atoms with Crippen LogP contribution in [0.5, 0.6) is 0 Å². The van der Waals surface area contributed by atoms with Crippen molar-refractivity contribution >= 4 is 23.2 Å². The lowest BCUT2D eigenvalue weighted by Gasteiger charge is -2.22. The molecule has 1 aliphatic rings. The van der Waals surface area contributed by atoms with Gasteiger partial charge in [0, 0.05) is 12.4 Å². The molecule has 2 atom stereocenters. The van der Waals surface area contributed by atoms with Crippen molar-refractivity contribution in [3.63, 3.8) is 0 Å². The number of hydrogen-bond acceptors (Lipinski definition) is 4. The smallest absolute Gasteiger partial charge is 0.307 e. The van der Waals surface area contributed by atoms with Crippen LogP contribution in [0.1, 0.15) is 25.0 Å². The summed E-state index contributed by atoms with van der Waals surface area (Å²) in [5.41, 5.74) is 2.57. The van der Waals surface area contributed by atoms with Crippen LogP contribution in [0.4, 0.5) is 0 Å². The zero-order valence-corrected chi connectivity index (χ0v) is 11.0. The van der Waals surface area contributed by atoms with E-state index in [0.29, 0.717) is 19.4 Å². The van der Waals surface area contributed by atoms with Gasteiger partial charge >= 0.3 is 5.97 Å². The van der Waals surface area contributed by atoms with Crippen LogP contribution < -0.4 is 0 Å². The molecule has 2 unspecified atom stereocenters. The molecule has 98 valence electrons. The first-order valence-electron chi connectivity index (χ1n) is 5.94. The van der Waals surface area contributed by atoms with E-state index < -0.39 is 11.9 Å². The molecule has 0 radical (unpaired) electrons. The lowest BCUT2D eigenvalue weighted by Crippen LogP contribution is -2.36. The maximum Gasteiger partial charge on any atom is 0.307 e. The third kappa shape index (κ3) is 2.69. The van der Waals surface area contributed by atoms with Crippen molar-refractivity contribution in [2.45, 2.75) is 25.8 Å². The van der Waals surface area contributed by atoms with Gasteiger partial charge in [0.05, 0.1) is 29.6 Å². The molecule has 1 amide bonds. The molecule has 1 heterocycles. The molecule has 1 aliphatic carbocycles. The topological polar surface area (TPSA) is 70.5 Å². The number of amides is 1. The third-order valence-electron chi connectivity index (χ3n) is 3.41. The van der Waals surface area contributed by atoms with Gasteiger partial charge in [-0.25, -0.2) is 4.98 Å². The number of aliphatic carboxylic acids is 1. The Morgan fingerprint density at radius 3 is 2.83 bits per heavy atom. The first-order chi connectivity index (χ1) is 8.59. The summed E-state index contributed by atoms with van der Waals surface area (Å²) in [6.07, 6.45) is 2.10. The molecule has 0 bridgehead atoms. The van der Waals surface area contributed by atoms with Gasteiger partial charge in [-0.1, -0.05) is 6.42 Å². The van der Waals surface area contributed by atoms with Gasteiger partial charge in [0.2, 0.25) is 5.91 Å². The first-order valence-corrected chi connectivity index (χ1v) is 6.88. The third-order valence-corrected chi connectivity index (χ3v) is 4.04. The van der Waals surface area contributed by atoms with Gasteiger partial charge in [-0.05, 0) is 12.8 Å². The molecular formula is C12H16N2O3S. The highest BCUT2D eigenvalue weighted by atomic mass is 32.1. The van der Waals surface area contributed by atoms with Crippen LogP contribution >= 0.6 is 11.3 Å². The Bertz CT molecular complexity index is 433. The lowest BCUT2D eigenvalue weighted by molar-refractivity contribution is -0.148. The minimum atomic E-state index is -0.854. The van der Waals surface area contributed by atoms with E-state index in [2.05, 4.69) is 4.98 Å². The highest BCUT2D eigenvalue weighted by molar-refractivity contribution is 7.07. The van der Waals surface area contributed by atoms with Crippen molar-refractivity contribution in [3.8, 4) is 0 Å². The Balaban J connectivity index is 1.99. The molecule has 0 aromatic carbocycles. The average Bonchev–Trinajstić information content (AvgIpc) is 2.97. The van der Waals surface area contributed by atoms with E-state index in [4.69, 9.17) is 5.11 Å². The maximum absolute atomic E-state index is 12.2. The number of hydrogen-bond donors (Lipinski definition) is 1. The summed E-state index contributed by atoms with van der Waals surface area (Å²) in [5, 5.41) is 11.0. The normalized spacial score (nSPS) is 22.9. The van der Waals surface area contributed by atoms with E-state index in [9.17, 15) is 9.59 Å². The van der Waals surface area contributed by atoms with Crippen LogP contribution in [-0.4, -0.2) is 33.9 Å². The van der Waals surface area contributed by atoms with E-state index >= 15 is 0 Å². The Kier molecular flexibility index (Phi) is 3.96. The van der Waals surface area contributed by atoms with Crippen molar-refractivity contribution in [2.24, 2.45) is 11.8 Å². The van der Waals surface area contributed by atoms with Crippen LogP contribution in [0.15, 0.2) is 10.9 Å². The predicted octanol–water partition coefficient (Wildman–Crippen LogP) is 1.60. The number of thiazole rings is 1. The van der Waals surface area contributed by atoms with E-state index in [0.717, 1.165) is 12.1 Å². The predicted molar refractivity (Wildman–Crippen MR) is 67.1 cm³/mol. The number of carbonyl (C=O) groups excluding carboxylic acids is 1. The SMILES string of the molecule is CN(Cc1cscn1)C(=O)C1CCCC1C(=O)O. The molecule has 1 N–H and O–H groups in total. The van der Waals surface area contributed by atoms with Gasteiger partial charge in [-0.2, -0.15) is 0 Å². The molecular weight excluding hydrogens is 252 g/mol. The molecule has 1 saturated carbocycles. The molecule has 5 nitrogen and oxygen atoms in total. The molecule has 0 spiro atoms. The molecule has 1 aromatic heterocycles. The van der Waals surface area contributed by atoms with Crippen molar-refractivity contribution in [1.82, 2.24) is 9.88 Å². The van der Waals surface area contributed by atoms with Crippen LogP contribution in [0, 0.1) is 11.8 Å². The van der Waals surface area contributed by atoms with Gasteiger partial charge in [-0.3, -0.25) is 9.59 Å². The second-order valence-electron chi connectivity index (χ2n) is 4.66. The summed E-state index contributed by atoms with van der Waals surface area (Å²) in [7, 11) is 1.71. The van der Waals surface area contributed by atoms with E-state index in [-0.39, 0.29) is 11.8 Å². The van der Waals surface area contributed by atoms with Crippen molar-refractivity contribution in [1.29, 1.82) is 0 Å². The monoisotopic (exact) mass is 268 g/mol. The molecule has 1 aromatic rings. The van der Waals surface area contributed by atoms with E-state index in [1.54, 1.807) is 17.5 Å². The fraction of sp³-hybridized carbons (Fsp3) is 0.583. The van der Waals surface area contributed by atoms with Crippen molar-refractivity contribution in [3.05, 3.63) is 16.6 Å². The average molecular weight is 268 g/mol. The Labute approximate surface area is 109 Å². The highest BCUT2D eigenvalue weighted by Crippen LogP contribution is 2.33. The number of aromatic nitrogens is 1. The summed E-state index contributed by atoms with van der Waals surface area (Å²) < 4.78 is 0. The van der Waals surface area contributed by atoms with E-state index in [1.165, 1.54) is 11.3 Å².